The van der Waals surface area contributed by atoms with Crippen LogP contribution in [0.3, 0.4) is 0 Å². The summed E-state index contributed by atoms with van der Waals surface area (Å²) in [6.07, 6.45) is -0.0137. The minimum atomic E-state index is -0.153. The van der Waals surface area contributed by atoms with E-state index in [1.54, 1.807) is 14.2 Å². The summed E-state index contributed by atoms with van der Waals surface area (Å²) in [5.74, 6) is -0.260. The second-order valence-electron chi connectivity index (χ2n) is 2.69. The first-order valence-electron chi connectivity index (χ1n) is 3.80. The maximum atomic E-state index is 11.1. The van der Waals surface area contributed by atoms with E-state index in [0.29, 0.717) is 13.2 Å². The molecular formula is C8H15NO3. The number of ketones is 1. The van der Waals surface area contributed by atoms with E-state index in [-0.39, 0.29) is 18.1 Å². The van der Waals surface area contributed by atoms with Gasteiger partial charge in [-0.1, -0.05) is 0 Å². The number of ether oxygens (including phenoxy) is 1. The molecule has 0 atom stereocenters. The third kappa shape index (κ3) is 4.85. The van der Waals surface area contributed by atoms with Crippen LogP contribution in [-0.4, -0.2) is 43.9 Å². The van der Waals surface area contributed by atoms with Crippen LogP contribution >= 0.6 is 0 Å². The van der Waals surface area contributed by atoms with Gasteiger partial charge in [0.25, 0.3) is 0 Å². The van der Waals surface area contributed by atoms with Crippen molar-refractivity contribution < 1.29 is 14.3 Å². The molecule has 0 aromatic heterocycles. The smallest absolute Gasteiger partial charge is 0.229 e. The lowest BCUT2D eigenvalue weighted by Gasteiger charge is -2.15. The van der Waals surface area contributed by atoms with E-state index < -0.39 is 0 Å². The molecule has 1 amide bonds. The fourth-order valence-corrected chi connectivity index (χ4v) is 0.701. The molecule has 0 aromatic rings. The quantitative estimate of drug-likeness (QED) is 0.553. The van der Waals surface area contributed by atoms with Gasteiger partial charge in [0, 0.05) is 20.7 Å². The van der Waals surface area contributed by atoms with Crippen molar-refractivity contribution in [2.45, 2.75) is 13.3 Å². The Morgan fingerprint density at radius 2 is 2.00 bits per heavy atom. The Morgan fingerprint density at radius 3 is 2.42 bits per heavy atom. The molecule has 0 aromatic carbocycles. The summed E-state index contributed by atoms with van der Waals surface area (Å²) in [5.41, 5.74) is 0. The molecule has 0 fully saturated rings. The normalized spacial score (nSPS) is 9.58. The second-order valence-corrected chi connectivity index (χ2v) is 2.69. The zero-order valence-corrected chi connectivity index (χ0v) is 7.79. The minimum absolute atomic E-state index is 0.0137. The molecule has 0 saturated heterocycles. The van der Waals surface area contributed by atoms with Crippen LogP contribution in [0.1, 0.15) is 13.3 Å². The van der Waals surface area contributed by atoms with Crippen molar-refractivity contribution in [2.75, 3.05) is 27.3 Å². The number of hydrogen-bond donors (Lipinski definition) is 0. The van der Waals surface area contributed by atoms with Gasteiger partial charge in [-0.25, -0.2) is 0 Å². The molecule has 0 heterocycles. The minimum Gasteiger partial charge on any atom is -0.383 e. The summed E-state index contributed by atoms with van der Waals surface area (Å²) in [4.78, 5) is 23.2. The number of hydrogen-bond acceptors (Lipinski definition) is 3. The first-order valence-corrected chi connectivity index (χ1v) is 3.80. The Kier molecular flexibility index (Phi) is 5.28. The molecule has 12 heavy (non-hydrogen) atoms. The van der Waals surface area contributed by atoms with Crippen molar-refractivity contribution >= 4 is 11.7 Å². The van der Waals surface area contributed by atoms with Gasteiger partial charge in [0.1, 0.15) is 5.78 Å². The van der Waals surface area contributed by atoms with Crippen LogP contribution in [0.2, 0.25) is 0 Å². The number of methoxy groups -OCH3 is 1. The third-order valence-corrected chi connectivity index (χ3v) is 1.46. The molecule has 0 aliphatic heterocycles. The lowest BCUT2D eigenvalue weighted by molar-refractivity contribution is -0.134. The maximum absolute atomic E-state index is 11.1. The Labute approximate surface area is 72.5 Å². The Morgan fingerprint density at radius 1 is 1.42 bits per heavy atom. The number of Topliss-reactive ketones (excluding diaryl/α,β-unsaturated/α-hetero) is 1. The van der Waals surface area contributed by atoms with Crippen molar-refractivity contribution in [3.05, 3.63) is 0 Å². The number of nitrogens with zero attached hydrogens (tertiary/aromatic N) is 1. The first-order chi connectivity index (χ1) is 5.57. The number of rotatable bonds is 5. The monoisotopic (exact) mass is 173 g/mol. The van der Waals surface area contributed by atoms with Gasteiger partial charge in [-0.2, -0.15) is 0 Å². The highest BCUT2D eigenvalue weighted by Gasteiger charge is 2.09. The van der Waals surface area contributed by atoms with E-state index in [1.165, 1.54) is 11.8 Å². The molecule has 0 N–H and O–H groups in total. The number of likely N-dealkylation sites (N-methyl/N-ethyl adjacent to an activating group) is 1. The Bertz CT molecular complexity index is 168. The SMILES string of the molecule is COCCN(C)C(=O)CC(C)=O. The molecular weight excluding hydrogens is 158 g/mol. The standard InChI is InChI=1S/C8H15NO3/c1-7(10)6-8(11)9(2)4-5-12-3/h4-6H2,1-3H3. The topological polar surface area (TPSA) is 46.6 Å². The van der Waals surface area contributed by atoms with Gasteiger partial charge in [0.15, 0.2) is 0 Å². The van der Waals surface area contributed by atoms with Crippen molar-refractivity contribution in [1.82, 2.24) is 4.90 Å². The third-order valence-electron chi connectivity index (χ3n) is 1.46. The van der Waals surface area contributed by atoms with E-state index in [4.69, 9.17) is 4.74 Å². The van der Waals surface area contributed by atoms with Crippen molar-refractivity contribution in [3.8, 4) is 0 Å². The zero-order valence-electron chi connectivity index (χ0n) is 7.79. The van der Waals surface area contributed by atoms with Crippen LogP contribution in [-0.2, 0) is 14.3 Å². The largest absolute Gasteiger partial charge is 0.383 e. The van der Waals surface area contributed by atoms with Gasteiger partial charge in [0.05, 0.1) is 13.0 Å². The van der Waals surface area contributed by atoms with Gasteiger partial charge < -0.3 is 9.64 Å². The summed E-state index contributed by atoms with van der Waals surface area (Å²) in [6.45, 7) is 2.44. The molecule has 0 radical (unpaired) electrons. The summed E-state index contributed by atoms with van der Waals surface area (Å²) < 4.78 is 4.79. The molecule has 70 valence electrons. The maximum Gasteiger partial charge on any atom is 0.229 e. The van der Waals surface area contributed by atoms with Crippen molar-refractivity contribution in [2.24, 2.45) is 0 Å². The fourth-order valence-electron chi connectivity index (χ4n) is 0.701. The van der Waals surface area contributed by atoms with Gasteiger partial charge in [-0.15, -0.1) is 0 Å². The zero-order chi connectivity index (χ0) is 9.56. The van der Waals surface area contributed by atoms with Crippen LogP contribution in [0.4, 0.5) is 0 Å². The molecule has 4 nitrogen and oxygen atoms in total. The number of carbonyl (C=O) groups excluding carboxylic acids is 2. The Hall–Kier alpha value is -0.900. The van der Waals surface area contributed by atoms with Crippen molar-refractivity contribution in [1.29, 1.82) is 0 Å². The summed E-state index contributed by atoms with van der Waals surface area (Å²) in [7, 11) is 3.23. The molecule has 0 aliphatic carbocycles. The van der Waals surface area contributed by atoms with E-state index in [0.717, 1.165) is 0 Å². The molecule has 4 heteroatoms. The molecule has 0 rings (SSSR count). The highest BCUT2D eigenvalue weighted by atomic mass is 16.5. The predicted octanol–water partition coefficient (Wildman–Crippen LogP) is 0.0703. The van der Waals surface area contributed by atoms with E-state index in [2.05, 4.69) is 0 Å². The van der Waals surface area contributed by atoms with Crippen molar-refractivity contribution in [3.63, 3.8) is 0 Å². The van der Waals surface area contributed by atoms with Crippen LogP contribution < -0.4 is 0 Å². The number of amides is 1. The van der Waals surface area contributed by atoms with Crippen LogP contribution in [0.5, 0.6) is 0 Å². The van der Waals surface area contributed by atoms with E-state index in [9.17, 15) is 9.59 Å². The van der Waals surface area contributed by atoms with Crippen LogP contribution in [0, 0.1) is 0 Å². The molecule has 0 unspecified atom stereocenters. The van der Waals surface area contributed by atoms with Crippen LogP contribution in [0.25, 0.3) is 0 Å². The second kappa shape index (κ2) is 5.71. The van der Waals surface area contributed by atoms with E-state index in [1.807, 2.05) is 0 Å². The van der Waals surface area contributed by atoms with Gasteiger partial charge in [0.2, 0.25) is 5.91 Å². The lowest BCUT2D eigenvalue weighted by atomic mass is 10.3. The highest BCUT2D eigenvalue weighted by Crippen LogP contribution is 1.91. The molecule has 0 spiro atoms. The molecule has 0 bridgehead atoms. The predicted molar refractivity (Wildman–Crippen MR) is 44.8 cm³/mol. The molecule has 0 aliphatic rings. The summed E-state index contributed by atoms with van der Waals surface area (Å²) >= 11 is 0. The summed E-state index contributed by atoms with van der Waals surface area (Å²) in [6, 6.07) is 0. The van der Waals surface area contributed by atoms with Gasteiger partial charge in [-0.3, -0.25) is 9.59 Å². The van der Waals surface area contributed by atoms with Gasteiger partial charge >= 0.3 is 0 Å². The average Bonchev–Trinajstić information content (AvgIpc) is 1.98. The average molecular weight is 173 g/mol. The van der Waals surface area contributed by atoms with Crippen LogP contribution in [0.15, 0.2) is 0 Å². The fraction of sp³-hybridized carbons (Fsp3) is 0.750. The van der Waals surface area contributed by atoms with E-state index >= 15 is 0 Å². The Balaban J connectivity index is 3.69. The van der Waals surface area contributed by atoms with Gasteiger partial charge in [-0.05, 0) is 6.92 Å². The molecule has 0 saturated carbocycles. The highest BCUT2D eigenvalue weighted by molar-refractivity contribution is 5.96. The summed E-state index contributed by atoms with van der Waals surface area (Å²) in [5, 5.41) is 0. The number of carbonyl (C=O) groups is 2. The first kappa shape index (κ1) is 11.1. The lowest BCUT2D eigenvalue weighted by Crippen LogP contribution is -2.30.